The van der Waals surface area contributed by atoms with Crippen LogP contribution >= 0.6 is 58.0 Å². The van der Waals surface area contributed by atoms with Crippen LogP contribution in [0.4, 0.5) is 0 Å². The number of rotatable bonds is 0. The normalized spacial score (nSPS) is 11.2. The molecule has 0 unspecified atom stereocenters. The molecule has 0 aliphatic rings. The van der Waals surface area contributed by atoms with Crippen molar-refractivity contribution in [2.24, 2.45) is 0 Å². The molecule has 0 bridgehead atoms. The molecule has 9 heavy (non-hydrogen) atoms. The summed E-state index contributed by atoms with van der Waals surface area (Å²) >= 11 is 25.5. The van der Waals surface area contributed by atoms with Crippen LogP contribution in [-0.4, -0.2) is 8.90 Å². The van der Waals surface area contributed by atoms with Gasteiger partial charge in [0.2, 0.25) is 3.79 Å². The predicted octanol–water partition coefficient (Wildman–Crippen LogP) is 3.56. The largest absolute Gasteiger partial charge is 0.506 e. The van der Waals surface area contributed by atoms with Gasteiger partial charge in [-0.3, -0.25) is 0 Å². The fourth-order valence-electron chi connectivity index (χ4n) is 0.107. The Labute approximate surface area is 77.1 Å². The van der Waals surface area contributed by atoms with Crippen LogP contribution in [0, 0.1) is 0 Å². The van der Waals surface area contributed by atoms with Gasteiger partial charge in [-0.05, 0) is 0 Å². The van der Waals surface area contributed by atoms with Crippen LogP contribution in [-0.2, 0) is 0 Å². The van der Waals surface area contributed by atoms with E-state index in [0.717, 1.165) is 0 Å². The van der Waals surface area contributed by atoms with E-state index in [9.17, 15) is 0 Å². The van der Waals surface area contributed by atoms with E-state index in [1.165, 1.54) is 0 Å². The number of aliphatic hydroxyl groups excluding tert-OH is 1. The van der Waals surface area contributed by atoms with Crippen molar-refractivity contribution in [3.05, 3.63) is 10.3 Å². The average Bonchev–Trinajstić information content (AvgIpc) is 1.62. The minimum atomic E-state index is -1.93. The molecule has 0 amide bonds. The highest BCUT2D eigenvalue weighted by Crippen LogP contribution is 2.36. The van der Waals surface area contributed by atoms with Crippen molar-refractivity contribution in [2.75, 3.05) is 0 Å². The van der Waals surface area contributed by atoms with Gasteiger partial charge < -0.3 is 5.11 Å². The molecule has 0 aromatic rings. The van der Waals surface area contributed by atoms with Gasteiger partial charge in [-0.1, -0.05) is 58.0 Å². The first-order valence-corrected chi connectivity index (χ1v) is 3.56. The van der Waals surface area contributed by atoms with Crippen LogP contribution in [0.3, 0.4) is 0 Å². The van der Waals surface area contributed by atoms with Gasteiger partial charge in [0.15, 0.2) is 5.76 Å². The molecular weight excluding hydrogens is 229 g/mol. The van der Waals surface area contributed by atoms with E-state index >= 15 is 0 Å². The second-order valence-corrected chi connectivity index (χ2v) is 4.34. The minimum Gasteiger partial charge on any atom is -0.506 e. The van der Waals surface area contributed by atoms with Gasteiger partial charge in [0, 0.05) is 0 Å². The van der Waals surface area contributed by atoms with Crippen molar-refractivity contribution >= 4 is 58.0 Å². The molecule has 0 fully saturated rings. The molecule has 1 N–H and O–H groups in total. The third-order valence-electron chi connectivity index (χ3n) is 0.448. The summed E-state index contributed by atoms with van der Waals surface area (Å²) < 4.78 is -2.38. The van der Waals surface area contributed by atoms with Crippen LogP contribution in [0.1, 0.15) is 0 Å². The van der Waals surface area contributed by atoms with E-state index < -0.39 is 14.0 Å². The van der Waals surface area contributed by atoms with Crippen molar-refractivity contribution in [3.63, 3.8) is 0 Å². The summed E-state index contributed by atoms with van der Waals surface area (Å²) in [6.45, 7) is 0. The van der Waals surface area contributed by atoms with Gasteiger partial charge >= 0.3 is 0 Å². The second-order valence-electron chi connectivity index (χ2n) is 1.11. The lowest BCUT2D eigenvalue weighted by molar-refractivity contribution is 0.402. The van der Waals surface area contributed by atoms with E-state index in [-0.39, 0.29) is 0 Å². The maximum Gasteiger partial charge on any atom is 0.249 e. The summed E-state index contributed by atoms with van der Waals surface area (Å²) in [7, 11) is 0. The Hall–Kier alpha value is 0.990. The Bertz CT molecular complexity index is 130. The topological polar surface area (TPSA) is 20.2 Å². The molecule has 0 rings (SSSR count). The molecule has 6 heteroatoms. The van der Waals surface area contributed by atoms with Gasteiger partial charge in [0.05, 0.1) is 0 Å². The maximum atomic E-state index is 8.68. The van der Waals surface area contributed by atoms with Gasteiger partial charge in [-0.25, -0.2) is 0 Å². The number of hydrogen-bond donors (Lipinski definition) is 1. The standard InChI is InChI=1S/C3HCl5O/c4-2(5)1(9)3(6,7)8/h9H. The first-order valence-electron chi connectivity index (χ1n) is 1.67. The Balaban J connectivity index is 4.40. The number of aliphatic hydroxyl groups is 1. The number of halogens is 5. The van der Waals surface area contributed by atoms with Crippen molar-refractivity contribution < 1.29 is 5.11 Å². The van der Waals surface area contributed by atoms with E-state index in [4.69, 9.17) is 63.1 Å². The molecule has 0 spiro atoms. The van der Waals surface area contributed by atoms with Crippen LogP contribution < -0.4 is 0 Å². The van der Waals surface area contributed by atoms with E-state index in [2.05, 4.69) is 0 Å². The second kappa shape index (κ2) is 3.40. The van der Waals surface area contributed by atoms with E-state index in [0.29, 0.717) is 0 Å². The molecule has 0 aliphatic heterocycles. The number of alkyl halides is 3. The highest BCUT2D eigenvalue weighted by atomic mass is 35.6. The van der Waals surface area contributed by atoms with Crippen LogP contribution in [0.5, 0.6) is 0 Å². The molecule has 0 saturated carbocycles. The van der Waals surface area contributed by atoms with Gasteiger partial charge in [0.1, 0.15) is 4.49 Å². The van der Waals surface area contributed by atoms with E-state index in [1.54, 1.807) is 0 Å². The van der Waals surface area contributed by atoms with Crippen molar-refractivity contribution in [3.8, 4) is 0 Å². The zero-order chi connectivity index (χ0) is 7.65. The fraction of sp³-hybridized carbons (Fsp3) is 0.333. The summed E-state index contributed by atoms with van der Waals surface area (Å²) in [6.07, 6.45) is 0. The van der Waals surface area contributed by atoms with Crippen molar-refractivity contribution in [2.45, 2.75) is 3.79 Å². The molecule has 0 aliphatic carbocycles. The zero-order valence-corrected chi connectivity index (χ0v) is 7.62. The third kappa shape index (κ3) is 3.64. The van der Waals surface area contributed by atoms with Crippen LogP contribution in [0.15, 0.2) is 10.3 Å². The molecule has 0 radical (unpaired) electrons. The number of hydrogen-bond acceptors (Lipinski definition) is 1. The molecule has 1 nitrogen and oxygen atoms in total. The van der Waals surface area contributed by atoms with Gasteiger partial charge in [-0.15, -0.1) is 0 Å². The highest BCUT2D eigenvalue weighted by Gasteiger charge is 2.28. The Morgan fingerprint density at radius 1 is 1.11 bits per heavy atom. The van der Waals surface area contributed by atoms with Gasteiger partial charge in [0.25, 0.3) is 0 Å². The molecule has 0 aromatic carbocycles. The lowest BCUT2D eigenvalue weighted by atomic mass is 10.6. The molecule has 0 aromatic heterocycles. The molecule has 0 saturated heterocycles. The van der Waals surface area contributed by atoms with Crippen molar-refractivity contribution in [1.82, 2.24) is 0 Å². The summed E-state index contributed by atoms with van der Waals surface area (Å²) in [6, 6.07) is 0. The van der Waals surface area contributed by atoms with Gasteiger partial charge in [-0.2, -0.15) is 0 Å². The Morgan fingerprint density at radius 2 is 1.44 bits per heavy atom. The Morgan fingerprint density at radius 3 is 1.44 bits per heavy atom. The molecule has 0 atom stereocenters. The highest BCUT2D eigenvalue weighted by molar-refractivity contribution is 6.70. The minimum absolute atomic E-state index is 0.449. The zero-order valence-electron chi connectivity index (χ0n) is 3.84. The average molecular weight is 230 g/mol. The van der Waals surface area contributed by atoms with Crippen molar-refractivity contribution in [1.29, 1.82) is 0 Å². The third-order valence-corrected chi connectivity index (χ3v) is 1.34. The van der Waals surface area contributed by atoms with Crippen LogP contribution in [0.25, 0.3) is 0 Å². The lowest BCUT2D eigenvalue weighted by Crippen LogP contribution is -2.06. The maximum absolute atomic E-state index is 8.68. The van der Waals surface area contributed by atoms with Crippen LogP contribution in [0.2, 0.25) is 0 Å². The first-order chi connectivity index (χ1) is 3.85. The monoisotopic (exact) mass is 228 g/mol. The number of allylic oxidation sites excluding steroid dienone is 1. The SMILES string of the molecule is OC(=C(Cl)Cl)C(Cl)(Cl)Cl. The Kier molecular flexibility index (Phi) is 3.78. The molecule has 54 valence electrons. The summed E-state index contributed by atoms with van der Waals surface area (Å²) in [5.74, 6) is -0.671. The first kappa shape index (κ1) is 9.99. The predicted molar refractivity (Wildman–Crippen MR) is 41.7 cm³/mol. The summed E-state index contributed by atoms with van der Waals surface area (Å²) in [4.78, 5) is 0. The van der Waals surface area contributed by atoms with E-state index in [1.807, 2.05) is 0 Å². The lowest BCUT2D eigenvalue weighted by Gasteiger charge is -2.08. The quantitative estimate of drug-likeness (QED) is 0.498. The summed E-state index contributed by atoms with van der Waals surface area (Å²) in [5.41, 5.74) is 0. The summed E-state index contributed by atoms with van der Waals surface area (Å²) in [5, 5.41) is 8.68. The molecule has 0 heterocycles. The fourth-order valence-corrected chi connectivity index (χ4v) is 0.964. The molecular formula is C3HCl5O. The smallest absolute Gasteiger partial charge is 0.249 e.